The van der Waals surface area contributed by atoms with E-state index >= 15 is 0 Å². The van der Waals surface area contributed by atoms with Crippen molar-refractivity contribution in [2.24, 2.45) is 0 Å². The van der Waals surface area contributed by atoms with E-state index in [9.17, 15) is 0 Å². The summed E-state index contributed by atoms with van der Waals surface area (Å²) in [6.45, 7) is 0. The molecule has 14 heteroatoms. The van der Waals surface area contributed by atoms with Crippen LogP contribution >= 0.6 is 67.9 Å². The van der Waals surface area contributed by atoms with E-state index in [2.05, 4.69) is 0 Å². The molecule has 0 aromatic carbocycles. The van der Waals surface area contributed by atoms with Crippen molar-refractivity contribution in [1.82, 2.24) is 0 Å². The average Bonchev–Trinajstić information content (AvgIpc) is 0. The van der Waals surface area contributed by atoms with Gasteiger partial charge < -0.3 is 54.8 Å². The van der Waals surface area contributed by atoms with Crippen LogP contribution < -0.4 is 0 Å². The van der Waals surface area contributed by atoms with Crippen LogP contribution in [0.1, 0.15) is 0 Å². The predicted molar refractivity (Wildman–Crippen MR) is 77.4 cm³/mol. The molecule has 0 heterocycles. The first-order valence-electron chi connectivity index (χ1n) is 0. The molecule has 0 unspecified atom stereocenters. The summed E-state index contributed by atoms with van der Waals surface area (Å²) >= 11 is 0. The van der Waals surface area contributed by atoms with Gasteiger partial charge in [-0.05, 0) is 0 Å². The Morgan fingerprint density at radius 2 is 0.143 bits per heavy atom. The summed E-state index contributed by atoms with van der Waals surface area (Å²) in [7, 11) is 0. The van der Waals surface area contributed by atoms with Crippen LogP contribution in [0.4, 0.5) is 0 Å². The Morgan fingerprint density at radius 3 is 0.143 bits per heavy atom. The van der Waals surface area contributed by atoms with Gasteiger partial charge in [-0.25, -0.2) is 0 Å². The van der Waals surface area contributed by atoms with Crippen LogP contribution in [0.3, 0.4) is 0 Å². The highest BCUT2D eigenvalue weighted by molar-refractivity contribution is 8.93. The van der Waals surface area contributed by atoms with Gasteiger partial charge in [0, 0.05) is 0 Å². The van der Waals surface area contributed by atoms with Crippen LogP contribution in [0.2, 0.25) is 0 Å². The number of hydrogen-bond acceptors (Lipinski definition) is 0. The van der Waals surface area contributed by atoms with Crippen molar-refractivity contribution < 1.29 is 54.8 Å². The first-order chi connectivity index (χ1) is 0. The molecule has 0 aliphatic heterocycles. The molecule has 0 radical (unpaired) electrons. The lowest BCUT2D eigenvalue weighted by molar-refractivity contribution is 0.823. The molecular weight excluding hydrogens is 480 g/mol. The minimum atomic E-state index is 0. The van der Waals surface area contributed by atoms with Gasteiger partial charge in [0.25, 0.3) is 0 Å². The summed E-state index contributed by atoms with van der Waals surface area (Å²) in [5.41, 5.74) is 0. The lowest BCUT2D eigenvalue weighted by atomic mass is 16.0. The van der Waals surface area contributed by atoms with E-state index in [0.29, 0.717) is 0 Å². The molecule has 0 aliphatic carbocycles. The average molecular weight is 504 g/mol. The Morgan fingerprint density at radius 1 is 0.143 bits per heavy atom. The van der Waals surface area contributed by atoms with E-state index in [4.69, 9.17) is 0 Å². The third-order valence-corrected chi connectivity index (χ3v) is 0. The Balaban J connectivity index is 0. The van der Waals surface area contributed by atoms with Gasteiger partial charge in [-0.2, -0.15) is 0 Å². The highest BCUT2D eigenvalue weighted by Crippen LogP contribution is 0.849. The third-order valence-electron chi connectivity index (χ3n) is 0. The van der Waals surface area contributed by atoms with Gasteiger partial charge in [-0.1, -0.05) is 0 Å². The minimum absolute atomic E-state index is 0. The van der Waals surface area contributed by atoms with Crippen LogP contribution in [0.15, 0.2) is 0 Å². The van der Waals surface area contributed by atoms with Crippen LogP contribution in [0, 0.1) is 0 Å². The summed E-state index contributed by atoms with van der Waals surface area (Å²) < 4.78 is 0. The van der Waals surface area contributed by atoms with E-state index < -0.39 is 0 Å². The summed E-state index contributed by atoms with van der Waals surface area (Å²) in [5, 5.41) is 0. The molecule has 0 spiro atoms. The topological polar surface area (TPSA) is 315 Å². The van der Waals surface area contributed by atoms with Crippen molar-refractivity contribution in [1.29, 1.82) is 0 Å². The van der Waals surface area contributed by atoms with Gasteiger partial charge in [-0.3, -0.25) is 0 Å². The summed E-state index contributed by atoms with van der Waals surface area (Å²) in [4.78, 5) is 0. The predicted octanol–water partition coefficient (Wildman–Crippen LogP) is -5.94. The number of halogens is 4. The van der Waals surface area contributed by atoms with Crippen molar-refractivity contribution >= 4 is 67.9 Å². The maximum atomic E-state index is 0. The highest BCUT2D eigenvalue weighted by Gasteiger charge is -0.110. The van der Waals surface area contributed by atoms with Crippen LogP contribution in [0.5, 0.6) is 0 Å². The summed E-state index contributed by atoms with van der Waals surface area (Å²) in [6.07, 6.45) is 0. The zero-order valence-electron chi connectivity index (χ0n) is 6.63. The van der Waals surface area contributed by atoms with Gasteiger partial charge in [0.15, 0.2) is 0 Å². The second-order valence-electron chi connectivity index (χ2n) is 0. The Hall–Kier alpha value is 1.52. The molecule has 0 aromatic heterocycles. The lowest BCUT2D eigenvalue weighted by Crippen LogP contribution is -0.290. The van der Waals surface area contributed by atoms with E-state index in [1.54, 1.807) is 0 Å². The second kappa shape index (κ2) is 1150. The maximum Gasteiger partial charge on any atom is -0.114 e. The third kappa shape index (κ3) is 917. The highest BCUT2D eigenvalue weighted by atomic mass is 79.9. The maximum absolute atomic E-state index is 0. The number of rotatable bonds is 0. The molecule has 0 aliphatic rings. The van der Waals surface area contributed by atoms with Gasteiger partial charge in [0.2, 0.25) is 0 Å². The fourth-order valence-electron chi connectivity index (χ4n) is 0. The molecule has 112 valence electrons. The molecule has 20 N–H and O–H groups in total. The zero-order valence-corrected chi connectivity index (χ0v) is 13.5. The van der Waals surface area contributed by atoms with Crippen LogP contribution in [-0.2, 0) is 0 Å². The lowest BCUT2D eigenvalue weighted by Gasteiger charge is -0.413. The molecule has 0 saturated carbocycles. The molecule has 0 atom stereocenters. The minimum Gasteiger partial charge on any atom is -0.412 e. The quantitative estimate of drug-likeness (QED) is 0.298. The normalized spacial score (nSPS) is 0. The Bertz CT molecular complexity index is 12.1. The zero-order chi connectivity index (χ0) is 0. The summed E-state index contributed by atoms with van der Waals surface area (Å²) in [6, 6.07) is 0. The molecule has 0 rings (SSSR count). The van der Waals surface area contributed by atoms with Crippen molar-refractivity contribution in [2.75, 3.05) is 0 Å². The first-order valence-corrected chi connectivity index (χ1v) is 0. The molecule has 0 aromatic rings. The van der Waals surface area contributed by atoms with Crippen molar-refractivity contribution in [3.05, 3.63) is 0 Å². The molecule has 0 amide bonds. The molecule has 0 saturated heterocycles. The van der Waals surface area contributed by atoms with Gasteiger partial charge >= 0.3 is 0 Å². The molecule has 0 fully saturated rings. The number of hydrogen-bond donors (Lipinski definition) is 0. The molecule has 14 heavy (non-hydrogen) atoms. The van der Waals surface area contributed by atoms with Crippen molar-refractivity contribution in [3.8, 4) is 0 Å². The van der Waals surface area contributed by atoms with Crippen LogP contribution in [0.25, 0.3) is 0 Å². The van der Waals surface area contributed by atoms with Gasteiger partial charge in [0.05, 0.1) is 0 Å². The molecule has 0 bridgehead atoms. The molecule has 10 nitrogen and oxygen atoms in total. The van der Waals surface area contributed by atoms with Crippen LogP contribution in [-0.4, -0.2) is 54.8 Å². The molecular formula is H24Br4O10. The largest absolute Gasteiger partial charge is 0.412 e. The Kier molecular flexibility index (Phi) is 116000. The fourth-order valence-corrected chi connectivity index (χ4v) is 0. The van der Waals surface area contributed by atoms with E-state index in [-0.39, 0.29) is 123 Å². The van der Waals surface area contributed by atoms with Gasteiger partial charge in [0.1, 0.15) is 0 Å². The Labute approximate surface area is 122 Å². The van der Waals surface area contributed by atoms with E-state index in [0.717, 1.165) is 0 Å². The smallest absolute Gasteiger partial charge is 0.114 e. The van der Waals surface area contributed by atoms with Crippen molar-refractivity contribution in [2.45, 2.75) is 0 Å². The second-order valence-corrected chi connectivity index (χ2v) is 0. The monoisotopic (exact) mass is 500 g/mol. The van der Waals surface area contributed by atoms with Gasteiger partial charge in [-0.15, -0.1) is 67.9 Å². The van der Waals surface area contributed by atoms with E-state index in [1.807, 2.05) is 0 Å². The van der Waals surface area contributed by atoms with E-state index in [1.165, 1.54) is 0 Å². The first kappa shape index (κ1) is 1420. The summed E-state index contributed by atoms with van der Waals surface area (Å²) in [5.74, 6) is 0. The van der Waals surface area contributed by atoms with Crippen molar-refractivity contribution in [3.63, 3.8) is 0 Å². The standard InChI is InChI=1S/4BrH.10H2O/h4*1H;10*1H2. The SMILES string of the molecule is Br.Br.Br.Br.O.O.O.O.O.O.O.O.O.O. The fraction of sp³-hybridized carbons (Fsp3) is 0.